The highest BCUT2D eigenvalue weighted by Gasteiger charge is 2.34. The molecule has 8 nitrogen and oxygen atoms in total. The van der Waals surface area contributed by atoms with Crippen molar-refractivity contribution in [3.63, 3.8) is 0 Å². The van der Waals surface area contributed by atoms with Crippen molar-refractivity contribution in [2.24, 2.45) is 12.8 Å². The summed E-state index contributed by atoms with van der Waals surface area (Å²) in [6, 6.07) is 8.08. The Kier molecular flexibility index (Phi) is 4.80. The van der Waals surface area contributed by atoms with Crippen LogP contribution >= 0.6 is 0 Å². The first kappa shape index (κ1) is 18.1. The number of nitriles is 1. The lowest BCUT2D eigenvalue weighted by atomic mass is 9.93. The van der Waals surface area contributed by atoms with Crippen molar-refractivity contribution in [1.82, 2.24) is 14.1 Å². The molecule has 1 atom stereocenters. The van der Waals surface area contributed by atoms with Gasteiger partial charge in [0.05, 0.1) is 21.7 Å². The van der Waals surface area contributed by atoms with Gasteiger partial charge < -0.3 is 5.73 Å². The molecule has 1 aliphatic rings. The highest BCUT2D eigenvalue weighted by atomic mass is 32.2. The van der Waals surface area contributed by atoms with Gasteiger partial charge in [-0.15, -0.1) is 0 Å². The Labute approximate surface area is 151 Å². The summed E-state index contributed by atoms with van der Waals surface area (Å²) in [5, 5.41) is 13.5. The van der Waals surface area contributed by atoms with Gasteiger partial charge in [0, 0.05) is 32.3 Å². The summed E-state index contributed by atoms with van der Waals surface area (Å²) < 4.78 is 28.9. The number of hydrogen-bond acceptors (Lipinski definition) is 5. The van der Waals surface area contributed by atoms with Crippen LogP contribution in [0.5, 0.6) is 0 Å². The zero-order valence-corrected chi connectivity index (χ0v) is 15.1. The molecule has 2 N–H and O–H groups in total. The second kappa shape index (κ2) is 6.90. The molecule has 3 rings (SSSR count). The predicted octanol–water partition coefficient (Wildman–Crippen LogP) is 0.959. The van der Waals surface area contributed by atoms with E-state index in [0.29, 0.717) is 30.6 Å². The minimum atomic E-state index is -3.81. The van der Waals surface area contributed by atoms with E-state index in [1.165, 1.54) is 21.1 Å². The molecule has 1 aliphatic heterocycles. The highest BCUT2D eigenvalue weighted by Crippen LogP contribution is 2.31. The minimum Gasteiger partial charge on any atom is -0.365 e. The Morgan fingerprint density at radius 1 is 1.38 bits per heavy atom. The van der Waals surface area contributed by atoms with Gasteiger partial charge >= 0.3 is 0 Å². The number of sulfonamides is 1. The summed E-state index contributed by atoms with van der Waals surface area (Å²) in [6.45, 7) is 0.552. The number of aromatic nitrogens is 2. The van der Waals surface area contributed by atoms with Crippen molar-refractivity contribution < 1.29 is 13.2 Å². The number of rotatable bonds is 4. The third kappa shape index (κ3) is 3.21. The van der Waals surface area contributed by atoms with Crippen molar-refractivity contribution in [3.05, 3.63) is 47.3 Å². The molecule has 1 saturated heterocycles. The number of primary amides is 1. The molecule has 0 spiro atoms. The number of carbonyl (C=O) groups excluding carboxylic acids is 1. The molecule has 0 saturated carbocycles. The van der Waals surface area contributed by atoms with Gasteiger partial charge in [-0.1, -0.05) is 12.1 Å². The fourth-order valence-electron chi connectivity index (χ4n) is 3.30. The zero-order chi connectivity index (χ0) is 18.9. The number of aryl methyl sites for hydroxylation is 1. The lowest BCUT2D eigenvalue weighted by Gasteiger charge is -2.31. The van der Waals surface area contributed by atoms with E-state index in [2.05, 4.69) is 5.10 Å². The van der Waals surface area contributed by atoms with Crippen molar-refractivity contribution >= 4 is 15.9 Å². The molecule has 0 radical (unpaired) electrons. The van der Waals surface area contributed by atoms with Crippen molar-refractivity contribution in [2.75, 3.05) is 13.1 Å². The smallest absolute Gasteiger partial charge is 0.252 e. The first-order valence-electron chi connectivity index (χ1n) is 8.17. The number of piperidine rings is 1. The van der Waals surface area contributed by atoms with Gasteiger partial charge in [-0.05, 0) is 25.0 Å². The monoisotopic (exact) mass is 373 g/mol. The first-order chi connectivity index (χ1) is 12.3. The molecule has 2 heterocycles. The number of hydrogen-bond donors (Lipinski definition) is 1. The molecule has 26 heavy (non-hydrogen) atoms. The van der Waals surface area contributed by atoms with Crippen LogP contribution in [-0.2, 0) is 17.1 Å². The van der Waals surface area contributed by atoms with Gasteiger partial charge in [-0.25, -0.2) is 8.42 Å². The first-order valence-corrected chi connectivity index (χ1v) is 9.61. The predicted molar refractivity (Wildman–Crippen MR) is 93.6 cm³/mol. The van der Waals surface area contributed by atoms with Crippen molar-refractivity contribution in [1.29, 1.82) is 5.26 Å². The van der Waals surface area contributed by atoms with Crippen LogP contribution in [-0.4, -0.2) is 41.5 Å². The van der Waals surface area contributed by atoms with Crippen LogP contribution in [0.4, 0.5) is 0 Å². The van der Waals surface area contributed by atoms with E-state index < -0.39 is 15.9 Å². The third-order valence-electron chi connectivity index (χ3n) is 4.52. The maximum Gasteiger partial charge on any atom is 0.252 e. The Bertz CT molecular complexity index is 990. The van der Waals surface area contributed by atoms with Crippen LogP contribution in [0.1, 0.15) is 40.4 Å². The Hall–Kier alpha value is -2.70. The average molecular weight is 373 g/mol. The summed E-state index contributed by atoms with van der Waals surface area (Å²) in [4.78, 5) is 11.7. The van der Waals surface area contributed by atoms with Gasteiger partial charge in [-0.3, -0.25) is 9.48 Å². The minimum absolute atomic E-state index is 0.000652. The third-order valence-corrected chi connectivity index (χ3v) is 6.44. The van der Waals surface area contributed by atoms with E-state index in [1.54, 1.807) is 25.4 Å². The van der Waals surface area contributed by atoms with Crippen LogP contribution in [0.15, 0.2) is 35.4 Å². The van der Waals surface area contributed by atoms with Gasteiger partial charge in [0.1, 0.15) is 6.07 Å². The molecular formula is C17H19N5O3S. The van der Waals surface area contributed by atoms with Crippen LogP contribution in [0.25, 0.3) is 0 Å². The number of nitrogens with zero attached hydrogens (tertiary/aromatic N) is 4. The van der Waals surface area contributed by atoms with Crippen LogP contribution < -0.4 is 5.73 Å². The summed E-state index contributed by atoms with van der Waals surface area (Å²) in [5.41, 5.74) is 6.38. The van der Waals surface area contributed by atoms with Gasteiger partial charge in [0.25, 0.3) is 5.91 Å². The molecule has 9 heteroatoms. The number of nitrogens with two attached hydrogens (primary N) is 1. The quantitative estimate of drug-likeness (QED) is 0.855. The summed E-state index contributed by atoms with van der Waals surface area (Å²) in [7, 11) is -2.12. The zero-order valence-electron chi connectivity index (χ0n) is 14.3. The molecule has 2 aromatic rings. The van der Waals surface area contributed by atoms with Crippen molar-refractivity contribution in [3.8, 4) is 6.07 Å². The molecule has 0 unspecified atom stereocenters. The van der Waals surface area contributed by atoms with Gasteiger partial charge in [0.2, 0.25) is 10.0 Å². The van der Waals surface area contributed by atoms with Gasteiger partial charge in [-0.2, -0.15) is 14.7 Å². The Morgan fingerprint density at radius 3 is 2.81 bits per heavy atom. The van der Waals surface area contributed by atoms with Gasteiger partial charge in [0.15, 0.2) is 0 Å². The van der Waals surface area contributed by atoms with E-state index in [1.807, 2.05) is 6.07 Å². The fourth-order valence-corrected chi connectivity index (χ4v) is 4.97. The van der Waals surface area contributed by atoms with E-state index in [0.717, 1.165) is 0 Å². The molecule has 0 bridgehead atoms. The number of amides is 1. The highest BCUT2D eigenvalue weighted by molar-refractivity contribution is 7.89. The molecule has 0 aliphatic carbocycles. The standard InChI is InChI=1S/C17H19N5O3S/c1-21-11-14(17(19)23)16(20-21)13-6-4-8-22(10-13)26(24,25)15-7-3-2-5-12(15)9-18/h2-3,5,7,11,13H,4,6,8,10H2,1H3,(H2,19,23)/t13-/m0/s1. The largest absolute Gasteiger partial charge is 0.365 e. The molecule has 1 aromatic carbocycles. The van der Waals surface area contributed by atoms with Crippen LogP contribution in [0.3, 0.4) is 0 Å². The van der Waals surface area contributed by atoms with E-state index in [-0.39, 0.29) is 22.9 Å². The molecular weight excluding hydrogens is 354 g/mol. The molecule has 136 valence electrons. The van der Waals surface area contributed by atoms with E-state index in [4.69, 9.17) is 5.73 Å². The second-order valence-corrected chi connectivity index (χ2v) is 8.18. The molecule has 1 fully saturated rings. The number of benzene rings is 1. The summed E-state index contributed by atoms with van der Waals surface area (Å²) in [5.74, 6) is -0.806. The lowest BCUT2D eigenvalue weighted by molar-refractivity contribution is 0.0998. The molecule has 1 aromatic heterocycles. The number of carbonyl (C=O) groups is 1. The van der Waals surface area contributed by atoms with E-state index >= 15 is 0 Å². The second-order valence-electron chi connectivity index (χ2n) is 6.28. The van der Waals surface area contributed by atoms with Crippen LogP contribution in [0, 0.1) is 11.3 Å². The molecule has 1 amide bonds. The Morgan fingerprint density at radius 2 is 2.12 bits per heavy atom. The normalized spacial score (nSPS) is 18.4. The Balaban J connectivity index is 1.94. The SMILES string of the molecule is Cn1cc(C(N)=O)c([C@H]2CCCN(S(=O)(=O)c3ccccc3C#N)C2)n1. The summed E-state index contributed by atoms with van der Waals surface area (Å²) in [6.07, 6.45) is 2.90. The lowest BCUT2D eigenvalue weighted by Crippen LogP contribution is -2.39. The summed E-state index contributed by atoms with van der Waals surface area (Å²) >= 11 is 0. The van der Waals surface area contributed by atoms with E-state index in [9.17, 15) is 18.5 Å². The maximum absolute atomic E-state index is 13.0. The topological polar surface area (TPSA) is 122 Å². The van der Waals surface area contributed by atoms with Crippen molar-refractivity contribution in [2.45, 2.75) is 23.7 Å². The average Bonchev–Trinajstić information content (AvgIpc) is 3.04. The maximum atomic E-state index is 13.0. The fraction of sp³-hybridized carbons (Fsp3) is 0.353. The van der Waals surface area contributed by atoms with Crippen LogP contribution in [0.2, 0.25) is 0 Å².